The standard InChI is InChI=1S/C31H40N4O4S/c1-22-9-12-27(13-10-22)40(37,38)34-17-15-23(16-18-34)30-33-28-20-24(31(36)32-21-26-8-5-19-39-26)11-14-29(28)35(30)25-6-3-2-4-7-25/h9-14,20,23,25-26H,2-8,15-19,21H2,1H3,(H,32,36)/t26-/m1/s1. The third-order valence-electron chi connectivity index (χ3n) is 8.91. The number of hydrogen-bond donors (Lipinski definition) is 1. The van der Waals surface area contributed by atoms with Gasteiger partial charge in [-0.2, -0.15) is 4.31 Å². The van der Waals surface area contributed by atoms with E-state index in [1.54, 1.807) is 16.4 Å². The molecule has 3 heterocycles. The minimum Gasteiger partial charge on any atom is -0.376 e. The van der Waals surface area contributed by atoms with Crippen molar-refractivity contribution in [1.29, 1.82) is 0 Å². The average molecular weight is 565 g/mol. The number of nitrogens with zero attached hydrogens (tertiary/aromatic N) is 3. The van der Waals surface area contributed by atoms with E-state index in [0.717, 1.165) is 67.6 Å². The molecule has 3 aromatic rings. The minimum atomic E-state index is -3.51. The average Bonchev–Trinajstić information content (AvgIpc) is 3.64. The predicted molar refractivity (Wildman–Crippen MR) is 155 cm³/mol. The largest absolute Gasteiger partial charge is 0.376 e. The number of sulfonamides is 1. The zero-order chi connectivity index (χ0) is 27.7. The summed E-state index contributed by atoms with van der Waals surface area (Å²) in [5.74, 6) is 1.13. The van der Waals surface area contributed by atoms with E-state index in [-0.39, 0.29) is 17.9 Å². The van der Waals surface area contributed by atoms with Crippen molar-refractivity contribution in [2.45, 2.75) is 87.7 Å². The maximum Gasteiger partial charge on any atom is 0.251 e. The molecule has 3 fully saturated rings. The Morgan fingerprint density at radius 1 is 0.975 bits per heavy atom. The summed E-state index contributed by atoms with van der Waals surface area (Å²) in [5, 5.41) is 3.03. The van der Waals surface area contributed by atoms with Crippen LogP contribution >= 0.6 is 0 Å². The van der Waals surface area contributed by atoms with Crippen LogP contribution in [0.15, 0.2) is 47.4 Å². The number of carbonyl (C=O) groups is 1. The van der Waals surface area contributed by atoms with Crippen LogP contribution in [0.4, 0.5) is 0 Å². The summed E-state index contributed by atoms with van der Waals surface area (Å²) >= 11 is 0. The van der Waals surface area contributed by atoms with Crippen molar-refractivity contribution in [1.82, 2.24) is 19.2 Å². The van der Waals surface area contributed by atoms with E-state index < -0.39 is 10.0 Å². The molecule has 214 valence electrons. The molecule has 1 saturated carbocycles. The molecule has 3 aliphatic rings. The van der Waals surface area contributed by atoms with Gasteiger partial charge in [0.2, 0.25) is 10.0 Å². The van der Waals surface area contributed by atoms with Gasteiger partial charge in [-0.1, -0.05) is 37.0 Å². The Balaban J connectivity index is 1.24. The van der Waals surface area contributed by atoms with Crippen LogP contribution < -0.4 is 5.32 Å². The van der Waals surface area contributed by atoms with Gasteiger partial charge in [0.05, 0.1) is 22.0 Å². The molecular formula is C31H40N4O4S. The molecule has 1 atom stereocenters. The van der Waals surface area contributed by atoms with Crippen LogP contribution in [-0.4, -0.2) is 60.5 Å². The van der Waals surface area contributed by atoms with Crippen molar-refractivity contribution in [2.75, 3.05) is 26.2 Å². The van der Waals surface area contributed by atoms with Gasteiger partial charge < -0.3 is 14.6 Å². The maximum atomic E-state index is 13.3. The van der Waals surface area contributed by atoms with E-state index in [9.17, 15) is 13.2 Å². The van der Waals surface area contributed by atoms with Crippen LogP contribution in [0.2, 0.25) is 0 Å². The SMILES string of the molecule is Cc1ccc(S(=O)(=O)N2CCC(c3nc4cc(C(=O)NC[C@H]5CCCO5)ccc4n3C3CCCCC3)CC2)cc1. The van der Waals surface area contributed by atoms with E-state index in [1.165, 1.54) is 19.3 Å². The molecule has 1 N–H and O–H groups in total. The van der Waals surface area contributed by atoms with Crippen LogP contribution in [0.25, 0.3) is 11.0 Å². The van der Waals surface area contributed by atoms with Gasteiger partial charge in [0.15, 0.2) is 0 Å². The van der Waals surface area contributed by atoms with Gasteiger partial charge in [-0.05, 0) is 75.8 Å². The third-order valence-corrected chi connectivity index (χ3v) is 10.8. The molecular weight excluding hydrogens is 524 g/mol. The molecule has 40 heavy (non-hydrogen) atoms. The lowest BCUT2D eigenvalue weighted by Gasteiger charge is -2.33. The Kier molecular flexibility index (Phi) is 7.97. The van der Waals surface area contributed by atoms with Crippen molar-refractivity contribution in [3.63, 3.8) is 0 Å². The normalized spacial score (nSPS) is 21.7. The van der Waals surface area contributed by atoms with Crippen molar-refractivity contribution < 1.29 is 17.9 Å². The fourth-order valence-electron chi connectivity index (χ4n) is 6.60. The summed E-state index contributed by atoms with van der Waals surface area (Å²) in [5.41, 5.74) is 3.58. The number of carbonyl (C=O) groups excluding carboxylic acids is 1. The molecule has 6 rings (SSSR count). The van der Waals surface area contributed by atoms with Gasteiger partial charge in [-0.15, -0.1) is 0 Å². The molecule has 2 aliphatic heterocycles. The number of nitrogens with one attached hydrogen (secondary N) is 1. The number of rotatable bonds is 7. The molecule has 2 aromatic carbocycles. The summed E-state index contributed by atoms with van der Waals surface area (Å²) in [6, 6.07) is 13.4. The zero-order valence-corrected chi connectivity index (χ0v) is 24.2. The van der Waals surface area contributed by atoms with Gasteiger partial charge in [0.25, 0.3) is 5.91 Å². The molecule has 1 aromatic heterocycles. The van der Waals surface area contributed by atoms with E-state index in [0.29, 0.717) is 36.1 Å². The molecule has 0 bridgehead atoms. The molecule has 0 unspecified atom stereocenters. The van der Waals surface area contributed by atoms with Crippen LogP contribution in [0.1, 0.15) is 91.5 Å². The summed E-state index contributed by atoms with van der Waals surface area (Å²) in [6.45, 7) is 4.21. The fourth-order valence-corrected chi connectivity index (χ4v) is 8.07. The minimum absolute atomic E-state index is 0.0965. The molecule has 9 heteroatoms. The lowest BCUT2D eigenvalue weighted by Crippen LogP contribution is -2.38. The Morgan fingerprint density at radius 3 is 2.42 bits per heavy atom. The molecule has 0 spiro atoms. The number of piperidine rings is 1. The monoisotopic (exact) mass is 564 g/mol. The summed E-state index contributed by atoms with van der Waals surface area (Å²) in [7, 11) is -3.51. The van der Waals surface area contributed by atoms with Gasteiger partial charge >= 0.3 is 0 Å². The van der Waals surface area contributed by atoms with E-state index >= 15 is 0 Å². The number of benzene rings is 2. The first-order valence-electron chi connectivity index (χ1n) is 14.9. The van der Waals surface area contributed by atoms with E-state index in [2.05, 4.69) is 16.0 Å². The van der Waals surface area contributed by atoms with Crippen LogP contribution in [0.3, 0.4) is 0 Å². The number of amides is 1. The number of fused-ring (bicyclic) bond motifs is 1. The van der Waals surface area contributed by atoms with Gasteiger partial charge in [-0.3, -0.25) is 4.79 Å². The van der Waals surface area contributed by atoms with Crippen molar-refractivity contribution in [3.8, 4) is 0 Å². The highest BCUT2D eigenvalue weighted by atomic mass is 32.2. The quantitative estimate of drug-likeness (QED) is 0.419. The van der Waals surface area contributed by atoms with Gasteiger partial charge in [-0.25, -0.2) is 13.4 Å². The molecule has 1 amide bonds. The highest BCUT2D eigenvalue weighted by Gasteiger charge is 2.33. The highest BCUT2D eigenvalue weighted by Crippen LogP contribution is 2.38. The molecule has 2 saturated heterocycles. The smallest absolute Gasteiger partial charge is 0.251 e. The first-order valence-corrected chi connectivity index (χ1v) is 16.3. The van der Waals surface area contributed by atoms with E-state index in [4.69, 9.17) is 9.72 Å². The highest BCUT2D eigenvalue weighted by molar-refractivity contribution is 7.89. The summed E-state index contributed by atoms with van der Waals surface area (Å²) in [4.78, 5) is 18.4. The second-order valence-corrected chi connectivity index (χ2v) is 13.6. The number of hydrogen-bond acceptors (Lipinski definition) is 5. The first-order chi connectivity index (χ1) is 19.4. The Hall–Kier alpha value is -2.75. The maximum absolute atomic E-state index is 13.3. The van der Waals surface area contributed by atoms with Crippen molar-refractivity contribution >= 4 is 27.0 Å². The lowest BCUT2D eigenvalue weighted by molar-refractivity contribution is 0.0858. The molecule has 8 nitrogen and oxygen atoms in total. The summed E-state index contributed by atoms with van der Waals surface area (Å²) in [6.07, 6.45) is 9.54. The number of ether oxygens (including phenoxy) is 1. The van der Waals surface area contributed by atoms with Crippen LogP contribution in [0.5, 0.6) is 0 Å². The van der Waals surface area contributed by atoms with Gasteiger partial charge in [0.1, 0.15) is 5.82 Å². The Labute approximate surface area is 237 Å². The third kappa shape index (κ3) is 5.56. The van der Waals surface area contributed by atoms with Gasteiger partial charge in [0, 0.05) is 43.8 Å². The number of imidazole rings is 1. The molecule has 0 radical (unpaired) electrons. The first kappa shape index (κ1) is 27.4. The predicted octanol–water partition coefficient (Wildman–Crippen LogP) is 5.33. The number of aromatic nitrogens is 2. The number of aryl methyl sites for hydroxylation is 1. The summed E-state index contributed by atoms with van der Waals surface area (Å²) < 4.78 is 36.3. The van der Waals surface area contributed by atoms with Crippen molar-refractivity contribution in [2.24, 2.45) is 0 Å². The Morgan fingerprint density at radius 2 is 1.73 bits per heavy atom. The lowest BCUT2D eigenvalue weighted by atomic mass is 9.93. The molecule has 1 aliphatic carbocycles. The second kappa shape index (κ2) is 11.6. The topological polar surface area (TPSA) is 93.5 Å². The Bertz CT molecular complexity index is 1450. The zero-order valence-electron chi connectivity index (χ0n) is 23.3. The fraction of sp³-hybridized carbons (Fsp3) is 0.548. The van der Waals surface area contributed by atoms with Crippen LogP contribution in [0, 0.1) is 6.92 Å². The van der Waals surface area contributed by atoms with E-state index in [1.807, 2.05) is 31.2 Å². The van der Waals surface area contributed by atoms with Crippen molar-refractivity contribution in [3.05, 3.63) is 59.4 Å². The van der Waals surface area contributed by atoms with Crippen LogP contribution in [-0.2, 0) is 14.8 Å². The second-order valence-electron chi connectivity index (χ2n) is 11.7.